The van der Waals surface area contributed by atoms with E-state index in [-0.39, 0.29) is 37.9 Å². The van der Waals surface area contributed by atoms with Crippen LogP contribution in [0.5, 0.6) is 0 Å². The first kappa shape index (κ1) is 16.3. The highest BCUT2D eigenvalue weighted by Gasteiger charge is 2.20. The molecule has 1 aromatic carbocycles. The summed E-state index contributed by atoms with van der Waals surface area (Å²) in [6.45, 7) is 2.20. The summed E-state index contributed by atoms with van der Waals surface area (Å²) in [6, 6.07) is 8.69. The number of aliphatic hydroxyl groups is 1. The van der Waals surface area contributed by atoms with Crippen LogP contribution < -0.4 is 0 Å². The van der Waals surface area contributed by atoms with Crippen LogP contribution in [0.1, 0.15) is 30.1 Å². The molecule has 0 aliphatic carbocycles. The Morgan fingerprint density at radius 2 is 1.90 bits per heavy atom. The SMILES string of the molecule is CCC(CO)N(CCC(=O)O)CC(=O)c1ccccc1. The van der Waals surface area contributed by atoms with Crippen molar-refractivity contribution in [2.75, 3.05) is 19.7 Å². The number of carbonyl (C=O) groups excluding carboxylic acids is 1. The summed E-state index contributed by atoms with van der Waals surface area (Å²) in [7, 11) is 0. The molecule has 1 rings (SSSR count). The summed E-state index contributed by atoms with van der Waals surface area (Å²) in [5.41, 5.74) is 0.598. The number of hydrogen-bond acceptors (Lipinski definition) is 4. The third-order valence-corrected chi connectivity index (χ3v) is 3.25. The molecular weight excluding hydrogens is 258 g/mol. The highest BCUT2D eigenvalue weighted by atomic mass is 16.4. The Hall–Kier alpha value is -1.72. The first-order valence-corrected chi connectivity index (χ1v) is 6.73. The minimum Gasteiger partial charge on any atom is -0.481 e. The maximum absolute atomic E-state index is 12.2. The maximum Gasteiger partial charge on any atom is 0.304 e. The van der Waals surface area contributed by atoms with E-state index >= 15 is 0 Å². The number of carboxylic acid groups (broad SMARTS) is 1. The monoisotopic (exact) mass is 279 g/mol. The molecule has 0 aliphatic heterocycles. The van der Waals surface area contributed by atoms with E-state index in [9.17, 15) is 14.7 Å². The maximum atomic E-state index is 12.2. The molecule has 110 valence electrons. The summed E-state index contributed by atoms with van der Waals surface area (Å²) < 4.78 is 0. The van der Waals surface area contributed by atoms with E-state index < -0.39 is 5.97 Å². The molecule has 5 heteroatoms. The predicted molar refractivity (Wildman–Crippen MR) is 75.8 cm³/mol. The number of rotatable bonds is 9. The molecule has 1 unspecified atom stereocenters. The Kier molecular flexibility index (Phi) is 6.90. The normalized spacial score (nSPS) is 12.3. The Balaban J connectivity index is 2.72. The van der Waals surface area contributed by atoms with Crippen LogP contribution in [0.3, 0.4) is 0 Å². The van der Waals surface area contributed by atoms with Crippen LogP contribution in [-0.2, 0) is 4.79 Å². The van der Waals surface area contributed by atoms with Crippen LogP contribution >= 0.6 is 0 Å². The smallest absolute Gasteiger partial charge is 0.304 e. The van der Waals surface area contributed by atoms with Gasteiger partial charge in [-0.15, -0.1) is 0 Å². The van der Waals surface area contributed by atoms with Gasteiger partial charge < -0.3 is 10.2 Å². The molecule has 0 fully saturated rings. The number of carboxylic acids is 1. The highest BCUT2D eigenvalue weighted by molar-refractivity contribution is 5.97. The summed E-state index contributed by atoms with van der Waals surface area (Å²) in [4.78, 5) is 24.6. The second kappa shape index (κ2) is 8.45. The largest absolute Gasteiger partial charge is 0.481 e. The topological polar surface area (TPSA) is 77.8 Å². The molecule has 1 atom stereocenters. The zero-order valence-electron chi connectivity index (χ0n) is 11.7. The molecule has 0 bridgehead atoms. The molecule has 0 heterocycles. The molecule has 0 aromatic heterocycles. The zero-order chi connectivity index (χ0) is 15.0. The van der Waals surface area contributed by atoms with Crippen LogP contribution in [0.25, 0.3) is 0 Å². The lowest BCUT2D eigenvalue weighted by Gasteiger charge is -2.28. The van der Waals surface area contributed by atoms with Crippen molar-refractivity contribution in [3.05, 3.63) is 35.9 Å². The standard InChI is InChI=1S/C15H21NO4/c1-2-13(11-17)16(9-8-15(19)20)10-14(18)12-6-4-3-5-7-12/h3-7,13,17H,2,8-11H2,1H3,(H,19,20). The Labute approximate surface area is 118 Å². The Morgan fingerprint density at radius 3 is 2.40 bits per heavy atom. The van der Waals surface area contributed by atoms with Gasteiger partial charge in [0.25, 0.3) is 0 Å². The average molecular weight is 279 g/mol. The van der Waals surface area contributed by atoms with E-state index in [1.54, 1.807) is 29.2 Å². The van der Waals surface area contributed by atoms with Crippen molar-refractivity contribution in [1.82, 2.24) is 4.90 Å². The minimum atomic E-state index is -0.907. The minimum absolute atomic E-state index is 0.0431. The summed E-state index contributed by atoms with van der Waals surface area (Å²) in [5.74, 6) is -0.974. The molecular formula is C15H21NO4. The van der Waals surface area contributed by atoms with Crippen LogP contribution in [0.2, 0.25) is 0 Å². The van der Waals surface area contributed by atoms with Gasteiger partial charge in [0.1, 0.15) is 0 Å². The lowest BCUT2D eigenvalue weighted by atomic mass is 10.1. The molecule has 20 heavy (non-hydrogen) atoms. The molecule has 0 aliphatic rings. The van der Waals surface area contributed by atoms with Gasteiger partial charge >= 0.3 is 5.97 Å². The molecule has 0 radical (unpaired) electrons. The Morgan fingerprint density at radius 1 is 1.25 bits per heavy atom. The number of nitrogens with zero attached hydrogens (tertiary/aromatic N) is 1. The van der Waals surface area contributed by atoms with Gasteiger partial charge in [-0.05, 0) is 6.42 Å². The fourth-order valence-corrected chi connectivity index (χ4v) is 2.03. The zero-order valence-corrected chi connectivity index (χ0v) is 11.7. The van der Waals surface area contributed by atoms with Crippen molar-refractivity contribution in [3.63, 3.8) is 0 Å². The lowest BCUT2D eigenvalue weighted by Crippen LogP contribution is -2.42. The third kappa shape index (κ3) is 5.11. The van der Waals surface area contributed by atoms with E-state index in [2.05, 4.69) is 0 Å². The molecule has 5 nitrogen and oxygen atoms in total. The van der Waals surface area contributed by atoms with Crippen LogP contribution in [0.4, 0.5) is 0 Å². The highest BCUT2D eigenvalue weighted by Crippen LogP contribution is 2.08. The number of benzene rings is 1. The van der Waals surface area contributed by atoms with Gasteiger partial charge in [-0.2, -0.15) is 0 Å². The molecule has 1 aromatic rings. The molecule has 0 saturated carbocycles. The number of aliphatic carboxylic acids is 1. The van der Waals surface area contributed by atoms with Gasteiger partial charge in [0.05, 0.1) is 19.6 Å². The number of Topliss-reactive ketones (excluding diaryl/α,β-unsaturated/α-hetero) is 1. The van der Waals surface area contributed by atoms with Gasteiger partial charge in [-0.25, -0.2) is 0 Å². The lowest BCUT2D eigenvalue weighted by molar-refractivity contribution is -0.137. The average Bonchev–Trinajstić information content (AvgIpc) is 2.46. The third-order valence-electron chi connectivity index (χ3n) is 3.25. The second-order valence-corrected chi connectivity index (χ2v) is 4.65. The van der Waals surface area contributed by atoms with E-state index in [0.717, 1.165) is 0 Å². The second-order valence-electron chi connectivity index (χ2n) is 4.65. The van der Waals surface area contributed by atoms with Crippen molar-refractivity contribution in [2.24, 2.45) is 0 Å². The van der Waals surface area contributed by atoms with Crippen molar-refractivity contribution in [1.29, 1.82) is 0 Å². The van der Waals surface area contributed by atoms with Crippen molar-refractivity contribution in [3.8, 4) is 0 Å². The van der Waals surface area contributed by atoms with Gasteiger partial charge in [0, 0.05) is 18.2 Å². The molecule has 2 N–H and O–H groups in total. The summed E-state index contributed by atoms with van der Waals surface area (Å²) in [5, 5.41) is 18.1. The van der Waals surface area contributed by atoms with Gasteiger partial charge in [0.15, 0.2) is 5.78 Å². The molecule has 0 spiro atoms. The Bertz CT molecular complexity index is 429. The number of hydrogen-bond donors (Lipinski definition) is 2. The molecule has 0 amide bonds. The number of carbonyl (C=O) groups is 2. The van der Waals surface area contributed by atoms with Crippen molar-refractivity contribution in [2.45, 2.75) is 25.8 Å². The van der Waals surface area contributed by atoms with E-state index in [1.165, 1.54) is 0 Å². The van der Waals surface area contributed by atoms with Gasteiger partial charge in [-0.1, -0.05) is 37.3 Å². The van der Waals surface area contributed by atoms with Crippen LogP contribution in [0, 0.1) is 0 Å². The van der Waals surface area contributed by atoms with E-state index in [1.807, 2.05) is 13.0 Å². The fourth-order valence-electron chi connectivity index (χ4n) is 2.03. The first-order valence-electron chi connectivity index (χ1n) is 6.73. The van der Waals surface area contributed by atoms with E-state index in [0.29, 0.717) is 12.0 Å². The van der Waals surface area contributed by atoms with Crippen molar-refractivity contribution < 1.29 is 19.8 Å². The number of aliphatic hydroxyl groups excluding tert-OH is 1. The summed E-state index contributed by atoms with van der Waals surface area (Å²) >= 11 is 0. The quantitative estimate of drug-likeness (QED) is 0.668. The molecule has 0 saturated heterocycles. The summed E-state index contributed by atoms with van der Waals surface area (Å²) in [6.07, 6.45) is 0.622. The van der Waals surface area contributed by atoms with Gasteiger partial charge in [-0.3, -0.25) is 14.5 Å². The first-order chi connectivity index (χ1) is 9.58. The van der Waals surface area contributed by atoms with Crippen LogP contribution in [0.15, 0.2) is 30.3 Å². The van der Waals surface area contributed by atoms with Gasteiger partial charge in [0.2, 0.25) is 0 Å². The predicted octanol–water partition coefficient (Wildman–Crippen LogP) is 1.42. The van der Waals surface area contributed by atoms with E-state index in [4.69, 9.17) is 5.11 Å². The number of ketones is 1. The van der Waals surface area contributed by atoms with Crippen molar-refractivity contribution >= 4 is 11.8 Å². The fraction of sp³-hybridized carbons (Fsp3) is 0.467. The van der Waals surface area contributed by atoms with Crippen LogP contribution in [-0.4, -0.2) is 52.6 Å².